The van der Waals surface area contributed by atoms with Gasteiger partial charge in [-0.3, -0.25) is 4.90 Å². The third kappa shape index (κ3) is 2.45. The molecule has 3 aromatic rings. The van der Waals surface area contributed by atoms with E-state index in [0.29, 0.717) is 34.4 Å². The van der Waals surface area contributed by atoms with Gasteiger partial charge in [-0.1, -0.05) is 23.8 Å². The van der Waals surface area contributed by atoms with Gasteiger partial charge in [-0.05, 0) is 38.1 Å². The number of carbonyl (C=O) groups is 1. The highest BCUT2D eigenvalue weighted by molar-refractivity contribution is 6.02. The van der Waals surface area contributed by atoms with Crippen LogP contribution in [0.15, 0.2) is 52.9 Å². The number of hydrogen-bond acceptors (Lipinski definition) is 5. The Kier molecular flexibility index (Phi) is 3.50. The second-order valence-electron chi connectivity index (χ2n) is 5.94. The molecule has 0 fully saturated rings. The molecule has 126 valence electrons. The van der Waals surface area contributed by atoms with Crippen molar-refractivity contribution >= 4 is 23.2 Å². The molecule has 5 nitrogen and oxygen atoms in total. The van der Waals surface area contributed by atoms with Crippen LogP contribution in [0.1, 0.15) is 21.7 Å². The van der Waals surface area contributed by atoms with Crippen molar-refractivity contribution in [2.24, 2.45) is 0 Å². The van der Waals surface area contributed by atoms with Crippen LogP contribution >= 0.6 is 0 Å². The molecule has 0 aliphatic carbocycles. The maximum Gasteiger partial charge on any atom is 0.345 e. The van der Waals surface area contributed by atoms with Crippen molar-refractivity contribution in [3.63, 3.8) is 0 Å². The number of nitrogens with zero attached hydrogens (tertiary/aromatic N) is 1. The molecule has 0 unspecified atom stereocenters. The lowest BCUT2D eigenvalue weighted by Gasteiger charge is -2.24. The Morgan fingerprint density at radius 1 is 1.00 bits per heavy atom. The molecule has 0 spiro atoms. The van der Waals surface area contributed by atoms with Gasteiger partial charge in [0, 0.05) is 6.07 Å². The Morgan fingerprint density at radius 2 is 1.80 bits per heavy atom. The molecule has 4 rings (SSSR count). The summed E-state index contributed by atoms with van der Waals surface area (Å²) in [5, 5.41) is 0. The predicted molar refractivity (Wildman–Crippen MR) is 94.4 cm³/mol. The lowest BCUT2D eigenvalue weighted by Crippen LogP contribution is -2.13. The van der Waals surface area contributed by atoms with Crippen molar-refractivity contribution in [1.82, 2.24) is 0 Å². The number of ether oxygens (including phenoxy) is 2. The summed E-state index contributed by atoms with van der Waals surface area (Å²) in [5.74, 6) is 1.77. The van der Waals surface area contributed by atoms with E-state index >= 15 is 0 Å². The minimum Gasteiger partial charge on any atom is -0.495 e. The van der Waals surface area contributed by atoms with E-state index in [2.05, 4.69) is 0 Å². The Balaban J connectivity index is 2.05. The molecule has 0 saturated carbocycles. The average molecular weight is 335 g/mol. The summed E-state index contributed by atoms with van der Waals surface area (Å²) in [5.41, 5.74) is 2.91. The van der Waals surface area contributed by atoms with Crippen LogP contribution in [0, 0.1) is 13.8 Å². The fraction of sp³-hybridized carbons (Fsp3) is 0.150. The Labute approximate surface area is 145 Å². The number of anilines is 3. The Bertz CT molecular complexity index is 974. The average Bonchev–Trinajstić information content (AvgIpc) is 2.92. The number of furan rings is 1. The smallest absolute Gasteiger partial charge is 0.345 e. The molecule has 0 bridgehead atoms. The van der Waals surface area contributed by atoms with Crippen molar-refractivity contribution < 1.29 is 18.7 Å². The van der Waals surface area contributed by atoms with Crippen LogP contribution in [0.2, 0.25) is 0 Å². The van der Waals surface area contributed by atoms with Gasteiger partial charge in [-0.2, -0.15) is 0 Å². The van der Waals surface area contributed by atoms with Gasteiger partial charge >= 0.3 is 5.97 Å². The van der Waals surface area contributed by atoms with E-state index < -0.39 is 5.97 Å². The largest absolute Gasteiger partial charge is 0.495 e. The number of para-hydroxylation sites is 2. The van der Waals surface area contributed by atoms with Gasteiger partial charge in [-0.25, -0.2) is 4.79 Å². The standard InChI is InChI=1S/C20H17NO4/c1-12-8-9-15-14(10-12)20(22)25-18-11-13(2)24-19(18)21(15)16-6-4-5-7-17(16)23-3/h4-11H,1-3H3. The highest BCUT2D eigenvalue weighted by atomic mass is 16.5. The number of benzene rings is 2. The van der Waals surface area contributed by atoms with Crippen LogP contribution in [0.3, 0.4) is 0 Å². The summed E-state index contributed by atoms with van der Waals surface area (Å²) < 4.78 is 17.0. The molecule has 2 heterocycles. The third-order valence-electron chi connectivity index (χ3n) is 4.15. The molecule has 1 aliphatic heterocycles. The SMILES string of the molecule is COc1ccccc1N1c2ccc(C)cc2C(=O)Oc2cc(C)oc21. The van der Waals surface area contributed by atoms with Crippen LogP contribution in [0.5, 0.6) is 11.5 Å². The van der Waals surface area contributed by atoms with Gasteiger partial charge in [-0.15, -0.1) is 0 Å². The number of rotatable bonds is 2. The predicted octanol–water partition coefficient (Wildman–Crippen LogP) is 4.91. The van der Waals surface area contributed by atoms with Crippen molar-refractivity contribution in [3.8, 4) is 11.5 Å². The molecule has 0 amide bonds. The Hall–Kier alpha value is -3.21. The number of carbonyl (C=O) groups excluding carboxylic acids is 1. The number of fused-ring (bicyclic) bond motifs is 2. The first-order valence-electron chi connectivity index (χ1n) is 7.95. The van der Waals surface area contributed by atoms with Crippen molar-refractivity contribution in [2.75, 3.05) is 12.0 Å². The monoisotopic (exact) mass is 335 g/mol. The summed E-state index contributed by atoms with van der Waals surface area (Å²) in [6.45, 7) is 3.76. The lowest BCUT2D eigenvalue weighted by atomic mass is 10.1. The molecule has 1 aromatic heterocycles. The second kappa shape index (κ2) is 5.70. The first-order valence-corrected chi connectivity index (χ1v) is 7.95. The van der Waals surface area contributed by atoms with Gasteiger partial charge in [0.1, 0.15) is 11.5 Å². The summed E-state index contributed by atoms with van der Waals surface area (Å²) in [7, 11) is 1.61. The highest BCUT2D eigenvalue weighted by Crippen LogP contribution is 2.48. The quantitative estimate of drug-likeness (QED) is 0.623. The summed E-state index contributed by atoms with van der Waals surface area (Å²) >= 11 is 0. The maximum atomic E-state index is 12.6. The van der Waals surface area contributed by atoms with Crippen molar-refractivity contribution in [2.45, 2.75) is 13.8 Å². The molecule has 2 aromatic carbocycles. The fourth-order valence-corrected chi connectivity index (χ4v) is 3.03. The van der Waals surface area contributed by atoms with E-state index in [9.17, 15) is 4.79 Å². The van der Waals surface area contributed by atoms with Gasteiger partial charge < -0.3 is 13.9 Å². The van der Waals surface area contributed by atoms with Crippen LogP contribution in [0.25, 0.3) is 0 Å². The highest BCUT2D eigenvalue weighted by Gasteiger charge is 2.32. The molecule has 1 aliphatic rings. The number of hydrogen-bond donors (Lipinski definition) is 0. The molecule has 0 radical (unpaired) electrons. The second-order valence-corrected chi connectivity index (χ2v) is 5.94. The normalized spacial score (nSPS) is 12.9. The molecule has 0 N–H and O–H groups in total. The number of esters is 1. The van der Waals surface area contributed by atoms with E-state index in [0.717, 1.165) is 11.3 Å². The van der Waals surface area contributed by atoms with E-state index in [4.69, 9.17) is 13.9 Å². The zero-order chi connectivity index (χ0) is 17.6. The topological polar surface area (TPSA) is 51.9 Å². The van der Waals surface area contributed by atoms with Gasteiger partial charge in [0.2, 0.25) is 5.88 Å². The fourth-order valence-electron chi connectivity index (χ4n) is 3.03. The van der Waals surface area contributed by atoms with Gasteiger partial charge in [0.25, 0.3) is 0 Å². The third-order valence-corrected chi connectivity index (χ3v) is 4.15. The molecule has 25 heavy (non-hydrogen) atoms. The van der Waals surface area contributed by atoms with E-state index in [1.807, 2.05) is 61.2 Å². The molecule has 0 atom stereocenters. The Morgan fingerprint density at radius 3 is 2.60 bits per heavy atom. The summed E-state index contributed by atoms with van der Waals surface area (Å²) in [6, 6.07) is 15.0. The van der Waals surface area contributed by atoms with Gasteiger partial charge in [0.15, 0.2) is 5.75 Å². The first kappa shape index (κ1) is 15.3. The molecule has 0 saturated heterocycles. The number of aryl methyl sites for hydroxylation is 2. The van der Waals surface area contributed by atoms with E-state index in [1.165, 1.54) is 0 Å². The van der Waals surface area contributed by atoms with E-state index in [-0.39, 0.29) is 0 Å². The lowest BCUT2D eigenvalue weighted by molar-refractivity contribution is 0.0738. The first-order chi connectivity index (χ1) is 12.1. The van der Waals surface area contributed by atoms with Gasteiger partial charge in [0.05, 0.1) is 24.0 Å². The number of methoxy groups -OCH3 is 1. The summed E-state index contributed by atoms with van der Waals surface area (Å²) in [4.78, 5) is 14.5. The van der Waals surface area contributed by atoms with Crippen molar-refractivity contribution in [3.05, 3.63) is 65.4 Å². The minimum absolute atomic E-state index is 0.391. The molecule has 5 heteroatoms. The zero-order valence-electron chi connectivity index (χ0n) is 14.2. The molecular formula is C20H17NO4. The van der Waals surface area contributed by atoms with Crippen molar-refractivity contribution in [1.29, 1.82) is 0 Å². The van der Waals surface area contributed by atoms with Crippen LogP contribution < -0.4 is 14.4 Å². The van der Waals surface area contributed by atoms with Crippen LogP contribution in [-0.2, 0) is 0 Å². The van der Waals surface area contributed by atoms with E-state index in [1.54, 1.807) is 13.2 Å². The molecular weight excluding hydrogens is 318 g/mol. The van der Waals surface area contributed by atoms with Crippen LogP contribution in [0.4, 0.5) is 17.3 Å². The zero-order valence-corrected chi connectivity index (χ0v) is 14.2. The van der Waals surface area contributed by atoms with Crippen LogP contribution in [-0.4, -0.2) is 13.1 Å². The maximum absolute atomic E-state index is 12.6. The summed E-state index contributed by atoms with van der Waals surface area (Å²) in [6.07, 6.45) is 0. The minimum atomic E-state index is -0.404.